The predicted molar refractivity (Wildman–Crippen MR) is 64.5 cm³/mol. The zero-order chi connectivity index (χ0) is 12.3. The molecule has 0 aliphatic rings. The Kier molecular flexibility index (Phi) is 4.32. The van der Waals surface area contributed by atoms with Crippen LogP contribution in [0, 0.1) is 0 Å². The fraction of sp³-hybridized carbons (Fsp3) is 0.364. The second-order valence-electron chi connectivity index (χ2n) is 3.57. The quantitative estimate of drug-likeness (QED) is 0.891. The van der Waals surface area contributed by atoms with Crippen LogP contribution in [0.15, 0.2) is 22.7 Å². The van der Waals surface area contributed by atoms with E-state index in [-0.39, 0.29) is 6.04 Å². The van der Waals surface area contributed by atoms with E-state index < -0.39 is 12.1 Å². The molecule has 0 saturated carbocycles. The van der Waals surface area contributed by atoms with Crippen molar-refractivity contribution in [3.05, 3.63) is 28.2 Å². The van der Waals surface area contributed by atoms with E-state index in [2.05, 4.69) is 15.9 Å². The minimum Gasteiger partial charge on any atom is -0.479 e. The van der Waals surface area contributed by atoms with Gasteiger partial charge in [0.15, 0.2) is 6.10 Å². The molecular formula is C11H14BrNO3. The SMILES string of the molecule is CC(Oc1cc(Br)ccc1[C@H](C)N)C(=O)O. The van der Waals surface area contributed by atoms with Crippen molar-refractivity contribution in [3.8, 4) is 5.75 Å². The van der Waals surface area contributed by atoms with Crippen LogP contribution in [0.2, 0.25) is 0 Å². The Hall–Kier alpha value is -1.07. The number of hydrogen-bond acceptors (Lipinski definition) is 3. The molecule has 0 radical (unpaired) electrons. The number of carbonyl (C=O) groups is 1. The summed E-state index contributed by atoms with van der Waals surface area (Å²) in [4.78, 5) is 10.7. The smallest absolute Gasteiger partial charge is 0.344 e. The number of rotatable bonds is 4. The number of halogens is 1. The molecule has 0 amide bonds. The molecule has 1 aromatic rings. The molecule has 16 heavy (non-hydrogen) atoms. The Morgan fingerprint density at radius 1 is 1.50 bits per heavy atom. The lowest BCUT2D eigenvalue weighted by Gasteiger charge is -2.16. The molecule has 88 valence electrons. The molecule has 0 aliphatic carbocycles. The average molecular weight is 288 g/mol. The number of nitrogens with two attached hydrogens (primary N) is 1. The fourth-order valence-electron chi connectivity index (χ4n) is 1.23. The zero-order valence-electron chi connectivity index (χ0n) is 9.11. The average Bonchev–Trinajstić information content (AvgIpc) is 2.16. The summed E-state index contributed by atoms with van der Waals surface area (Å²) in [7, 11) is 0. The summed E-state index contributed by atoms with van der Waals surface area (Å²) in [6.07, 6.45) is -0.896. The Morgan fingerprint density at radius 3 is 2.62 bits per heavy atom. The van der Waals surface area contributed by atoms with Crippen molar-refractivity contribution in [3.63, 3.8) is 0 Å². The van der Waals surface area contributed by atoms with Crippen LogP contribution < -0.4 is 10.5 Å². The summed E-state index contributed by atoms with van der Waals surface area (Å²) in [6, 6.07) is 5.18. The first-order valence-electron chi connectivity index (χ1n) is 4.86. The van der Waals surface area contributed by atoms with Crippen molar-refractivity contribution in [1.82, 2.24) is 0 Å². The number of carboxylic acids is 1. The fourth-order valence-corrected chi connectivity index (χ4v) is 1.57. The van der Waals surface area contributed by atoms with Crippen LogP contribution >= 0.6 is 15.9 Å². The van der Waals surface area contributed by atoms with Crippen LogP contribution in [0.3, 0.4) is 0 Å². The highest BCUT2D eigenvalue weighted by Crippen LogP contribution is 2.28. The van der Waals surface area contributed by atoms with Gasteiger partial charge in [-0.25, -0.2) is 4.79 Å². The molecular weight excluding hydrogens is 274 g/mol. The van der Waals surface area contributed by atoms with E-state index >= 15 is 0 Å². The summed E-state index contributed by atoms with van der Waals surface area (Å²) in [6.45, 7) is 3.30. The molecule has 0 aromatic heterocycles. The first kappa shape index (κ1) is 13.0. The molecule has 3 N–H and O–H groups in total. The highest BCUT2D eigenvalue weighted by atomic mass is 79.9. The summed E-state index contributed by atoms with van der Waals surface area (Å²) in [5, 5.41) is 8.77. The Bertz CT molecular complexity index is 393. The van der Waals surface area contributed by atoms with Gasteiger partial charge in [-0.15, -0.1) is 0 Å². The summed E-state index contributed by atoms with van der Waals surface area (Å²) >= 11 is 3.30. The molecule has 2 atom stereocenters. The molecule has 0 aliphatic heterocycles. The van der Waals surface area contributed by atoms with Crippen molar-refractivity contribution in [1.29, 1.82) is 0 Å². The van der Waals surface area contributed by atoms with Crippen molar-refractivity contribution < 1.29 is 14.6 Å². The number of ether oxygens (including phenoxy) is 1. The van der Waals surface area contributed by atoms with Crippen LogP contribution in [0.5, 0.6) is 5.75 Å². The maximum atomic E-state index is 10.7. The molecule has 1 unspecified atom stereocenters. The van der Waals surface area contributed by atoms with E-state index in [1.165, 1.54) is 6.92 Å². The molecule has 0 heterocycles. The first-order chi connectivity index (χ1) is 7.41. The lowest BCUT2D eigenvalue weighted by atomic mass is 10.1. The molecule has 0 fully saturated rings. The topological polar surface area (TPSA) is 72.5 Å². The Labute approximate surface area is 103 Å². The van der Waals surface area contributed by atoms with Gasteiger partial charge in [0, 0.05) is 16.1 Å². The molecule has 0 bridgehead atoms. The molecule has 5 heteroatoms. The van der Waals surface area contributed by atoms with Gasteiger partial charge in [0.25, 0.3) is 0 Å². The Balaban J connectivity index is 3.01. The van der Waals surface area contributed by atoms with Crippen LogP contribution in [0.1, 0.15) is 25.5 Å². The van der Waals surface area contributed by atoms with Crippen molar-refractivity contribution in [2.45, 2.75) is 26.0 Å². The summed E-state index contributed by atoms with van der Waals surface area (Å²) < 4.78 is 6.16. The van der Waals surface area contributed by atoms with Gasteiger partial charge in [-0.2, -0.15) is 0 Å². The first-order valence-corrected chi connectivity index (χ1v) is 5.65. The molecule has 0 saturated heterocycles. The second kappa shape index (κ2) is 5.32. The van der Waals surface area contributed by atoms with E-state index in [0.29, 0.717) is 5.75 Å². The van der Waals surface area contributed by atoms with Gasteiger partial charge in [-0.1, -0.05) is 22.0 Å². The normalized spacial score (nSPS) is 14.2. The van der Waals surface area contributed by atoms with E-state index in [1.807, 2.05) is 19.1 Å². The van der Waals surface area contributed by atoms with Crippen molar-refractivity contribution in [2.75, 3.05) is 0 Å². The number of benzene rings is 1. The molecule has 0 spiro atoms. The third-order valence-electron chi connectivity index (χ3n) is 2.12. The third kappa shape index (κ3) is 3.21. The van der Waals surface area contributed by atoms with Crippen molar-refractivity contribution in [2.24, 2.45) is 5.73 Å². The monoisotopic (exact) mass is 287 g/mol. The number of aliphatic carboxylic acids is 1. The lowest BCUT2D eigenvalue weighted by molar-refractivity contribution is -0.144. The maximum Gasteiger partial charge on any atom is 0.344 e. The zero-order valence-corrected chi connectivity index (χ0v) is 10.7. The van der Waals surface area contributed by atoms with E-state index in [9.17, 15) is 4.79 Å². The summed E-state index contributed by atoms with van der Waals surface area (Å²) in [5.41, 5.74) is 6.56. The highest BCUT2D eigenvalue weighted by molar-refractivity contribution is 9.10. The van der Waals surface area contributed by atoms with E-state index in [4.69, 9.17) is 15.6 Å². The maximum absolute atomic E-state index is 10.7. The van der Waals surface area contributed by atoms with E-state index in [0.717, 1.165) is 10.0 Å². The standard InChI is InChI=1S/C11H14BrNO3/c1-6(13)9-4-3-8(12)5-10(9)16-7(2)11(14)15/h3-7H,13H2,1-2H3,(H,14,15)/t6-,7?/m0/s1. The molecule has 4 nitrogen and oxygen atoms in total. The lowest BCUT2D eigenvalue weighted by Crippen LogP contribution is -2.24. The van der Waals surface area contributed by atoms with Gasteiger partial charge < -0.3 is 15.6 Å². The number of carboxylic acid groups (broad SMARTS) is 1. The van der Waals surface area contributed by atoms with Crippen LogP contribution in [0.25, 0.3) is 0 Å². The van der Waals surface area contributed by atoms with Crippen LogP contribution in [-0.2, 0) is 4.79 Å². The third-order valence-corrected chi connectivity index (χ3v) is 2.61. The molecule has 1 rings (SSSR count). The number of hydrogen-bond donors (Lipinski definition) is 2. The van der Waals surface area contributed by atoms with Crippen LogP contribution in [-0.4, -0.2) is 17.2 Å². The van der Waals surface area contributed by atoms with Gasteiger partial charge >= 0.3 is 5.97 Å². The van der Waals surface area contributed by atoms with Gasteiger partial charge in [0.05, 0.1) is 0 Å². The molecule has 1 aromatic carbocycles. The highest BCUT2D eigenvalue weighted by Gasteiger charge is 2.16. The largest absolute Gasteiger partial charge is 0.479 e. The summed E-state index contributed by atoms with van der Waals surface area (Å²) in [5.74, 6) is -0.505. The van der Waals surface area contributed by atoms with Gasteiger partial charge in [-0.05, 0) is 26.0 Å². The van der Waals surface area contributed by atoms with Gasteiger partial charge in [-0.3, -0.25) is 0 Å². The predicted octanol–water partition coefficient (Wildman–Crippen LogP) is 2.32. The minimum absolute atomic E-state index is 0.205. The van der Waals surface area contributed by atoms with Crippen molar-refractivity contribution >= 4 is 21.9 Å². The van der Waals surface area contributed by atoms with E-state index in [1.54, 1.807) is 6.07 Å². The van der Waals surface area contributed by atoms with Gasteiger partial charge in [0.1, 0.15) is 5.75 Å². The minimum atomic E-state index is -1.00. The van der Waals surface area contributed by atoms with Crippen LogP contribution in [0.4, 0.5) is 0 Å². The Morgan fingerprint density at radius 2 is 2.12 bits per heavy atom. The second-order valence-corrected chi connectivity index (χ2v) is 4.48. The van der Waals surface area contributed by atoms with Gasteiger partial charge in [0.2, 0.25) is 0 Å².